The molecule has 5 heteroatoms. The summed E-state index contributed by atoms with van der Waals surface area (Å²) in [4.78, 5) is 0. The van der Waals surface area contributed by atoms with Gasteiger partial charge in [-0.15, -0.1) is 0 Å². The Hall–Kier alpha value is -2.17. The van der Waals surface area contributed by atoms with Gasteiger partial charge in [0.25, 0.3) is 0 Å². The molecule has 0 saturated carbocycles. The van der Waals surface area contributed by atoms with Crippen LogP contribution in [0.2, 0.25) is 0 Å². The van der Waals surface area contributed by atoms with Gasteiger partial charge in [-0.2, -0.15) is 13.2 Å². The number of rotatable bonds is 5. The first-order valence-corrected chi connectivity index (χ1v) is 6.42. The third-order valence-electron chi connectivity index (χ3n) is 3.00. The molecular weight excluding hydrogens is 281 g/mol. The van der Waals surface area contributed by atoms with Crippen molar-refractivity contribution in [2.24, 2.45) is 0 Å². The molecule has 21 heavy (non-hydrogen) atoms. The number of hydrogen-bond acceptors (Lipinski definition) is 2. The molecule has 0 aliphatic carbocycles. The van der Waals surface area contributed by atoms with Crippen LogP contribution in [0.5, 0.6) is 11.5 Å². The largest absolute Gasteiger partial charge is 0.497 e. The second-order valence-electron chi connectivity index (χ2n) is 4.44. The molecule has 0 fully saturated rings. The van der Waals surface area contributed by atoms with Crippen LogP contribution >= 0.6 is 0 Å². The van der Waals surface area contributed by atoms with E-state index in [1.807, 2.05) is 12.1 Å². The Kier molecular flexibility index (Phi) is 4.73. The summed E-state index contributed by atoms with van der Waals surface area (Å²) in [7, 11) is 1.58. The highest BCUT2D eigenvalue weighted by molar-refractivity contribution is 5.35. The Labute approximate surface area is 121 Å². The predicted octanol–water partition coefficient (Wildman–Crippen LogP) is 4.34. The normalized spacial score (nSPS) is 11.2. The highest BCUT2D eigenvalue weighted by atomic mass is 19.4. The highest BCUT2D eigenvalue weighted by Gasteiger charge is 2.33. The van der Waals surface area contributed by atoms with E-state index in [0.717, 1.165) is 17.4 Å². The van der Waals surface area contributed by atoms with Crippen molar-refractivity contribution >= 4 is 0 Å². The maximum absolute atomic E-state index is 12.8. The molecule has 2 rings (SSSR count). The first-order valence-electron chi connectivity index (χ1n) is 6.42. The smallest absolute Gasteiger partial charge is 0.419 e. The minimum atomic E-state index is -4.41. The molecule has 2 nitrogen and oxygen atoms in total. The van der Waals surface area contributed by atoms with Crippen LogP contribution in [0.1, 0.15) is 11.1 Å². The number of benzene rings is 2. The number of ether oxygens (including phenoxy) is 2. The molecule has 0 spiro atoms. The van der Waals surface area contributed by atoms with Gasteiger partial charge in [-0.1, -0.05) is 24.3 Å². The number of halogens is 3. The number of alkyl halides is 3. The molecule has 0 saturated heterocycles. The number of para-hydroxylation sites is 1. The van der Waals surface area contributed by atoms with Gasteiger partial charge in [0.2, 0.25) is 0 Å². The van der Waals surface area contributed by atoms with Crippen molar-refractivity contribution in [1.29, 1.82) is 0 Å². The van der Waals surface area contributed by atoms with Gasteiger partial charge in [-0.25, -0.2) is 0 Å². The molecule has 0 aromatic heterocycles. The van der Waals surface area contributed by atoms with E-state index in [-0.39, 0.29) is 12.4 Å². The fraction of sp³-hybridized carbons (Fsp3) is 0.250. The van der Waals surface area contributed by atoms with E-state index in [1.54, 1.807) is 19.2 Å². The van der Waals surface area contributed by atoms with Crippen LogP contribution in [0.15, 0.2) is 48.5 Å². The summed E-state index contributed by atoms with van der Waals surface area (Å²) in [5.41, 5.74) is 0.222. The zero-order valence-electron chi connectivity index (χ0n) is 11.5. The van der Waals surface area contributed by atoms with E-state index in [2.05, 4.69) is 0 Å². The van der Waals surface area contributed by atoms with E-state index in [4.69, 9.17) is 9.47 Å². The van der Waals surface area contributed by atoms with Crippen LogP contribution in [0.4, 0.5) is 13.2 Å². The summed E-state index contributed by atoms with van der Waals surface area (Å²) in [5, 5.41) is 0. The van der Waals surface area contributed by atoms with E-state index in [9.17, 15) is 13.2 Å². The molecular formula is C16H15F3O2. The third-order valence-corrected chi connectivity index (χ3v) is 3.00. The lowest BCUT2D eigenvalue weighted by Gasteiger charge is -2.13. The Morgan fingerprint density at radius 3 is 2.24 bits per heavy atom. The maximum Gasteiger partial charge on any atom is 0.419 e. The Morgan fingerprint density at radius 1 is 0.952 bits per heavy atom. The Morgan fingerprint density at radius 2 is 1.62 bits per heavy atom. The molecule has 112 valence electrons. The van der Waals surface area contributed by atoms with Gasteiger partial charge in [-0.3, -0.25) is 0 Å². The molecule has 0 unspecified atom stereocenters. The van der Waals surface area contributed by atoms with Crippen molar-refractivity contribution in [3.63, 3.8) is 0 Å². The molecule has 0 aliphatic heterocycles. The molecule has 0 atom stereocenters. The fourth-order valence-corrected chi connectivity index (χ4v) is 1.90. The predicted molar refractivity (Wildman–Crippen MR) is 73.6 cm³/mol. The second-order valence-corrected chi connectivity index (χ2v) is 4.44. The van der Waals surface area contributed by atoms with Gasteiger partial charge in [0.05, 0.1) is 19.3 Å². The minimum absolute atomic E-state index is 0.140. The lowest BCUT2D eigenvalue weighted by molar-refractivity contribution is -0.138. The van der Waals surface area contributed by atoms with Crippen molar-refractivity contribution in [2.75, 3.05) is 13.7 Å². The maximum atomic E-state index is 12.8. The quantitative estimate of drug-likeness (QED) is 0.817. The molecule has 0 radical (unpaired) electrons. The van der Waals surface area contributed by atoms with Gasteiger partial charge in [0.15, 0.2) is 0 Å². The Bertz CT molecular complexity index is 577. The summed E-state index contributed by atoms with van der Waals surface area (Å²) >= 11 is 0. The number of methoxy groups -OCH3 is 1. The van der Waals surface area contributed by atoms with E-state index in [0.29, 0.717) is 6.42 Å². The van der Waals surface area contributed by atoms with Crippen LogP contribution in [-0.4, -0.2) is 13.7 Å². The lowest BCUT2D eigenvalue weighted by Crippen LogP contribution is -2.10. The first-order chi connectivity index (χ1) is 10.0. The average Bonchev–Trinajstić information content (AvgIpc) is 2.47. The van der Waals surface area contributed by atoms with Crippen LogP contribution in [0.25, 0.3) is 0 Å². The summed E-state index contributed by atoms with van der Waals surface area (Å²) in [6, 6.07) is 12.5. The van der Waals surface area contributed by atoms with Gasteiger partial charge in [-0.05, 0) is 29.8 Å². The van der Waals surface area contributed by atoms with Crippen molar-refractivity contribution in [3.05, 3.63) is 59.7 Å². The van der Waals surface area contributed by atoms with Crippen LogP contribution < -0.4 is 9.47 Å². The van der Waals surface area contributed by atoms with E-state index in [1.165, 1.54) is 18.2 Å². The van der Waals surface area contributed by atoms with Gasteiger partial charge in [0, 0.05) is 6.42 Å². The Balaban J connectivity index is 1.97. The lowest BCUT2D eigenvalue weighted by atomic mass is 10.1. The van der Waals surface area contributed by atoms with Crippen LogP contribution in [0, 0.1) is 0 Å². The van der Waals surface area contributed by atoms with Gasteiger partial charge >= 0.3 is 6.18 Å². The summed E-state index contributed by atoms with van der Waals surface area (Å²) in [6.07, 6.45) is -3.88. The molecule has 0 amide bonds. The molecule has 2 aromatic carbocycles. The first kappa shape index (κ1) is 15.2. The molecule has 2 aromatic rings. The molecule has 0 heterocycles. The van der Waals surface area contributed by atoms with E-state index >= 15 is 0 Å². The topological polar surface area (TPSA) is 18.5 Å². The van der Waals surface area contributed by atoms with Crippen molar-refractivity contribution in [3.8, 4) is 11.5 Å². The molecule has 0 N–H and O–H groups in total. The average molecular weight is 296 g/mol. The summed E-state index contributed by atoms with van der Waals surface area (Å²) < 4.78 is 48.7. The monoisotopic (exact) mass is 296 g/mol. The van der Waals surface area contributed by atoms with Crippen LogP contribution in [-0.2, 0) is 12.6 Å². The zero-order valence-corrected chi connectivity index (χ0v) is 11.5. The number of hydrogen-bond donors (Lipinski definition) is 0. The third kappa shape index (κ3) is 4.15. The van der Waals surface area contributed by atoms with Crippen molar-refractivity contribution in [1.82, 2.24) is 0 Å². The molecule has 0 aliphatic rings. The van der Waals surface area contributed by atoms with Crippen molar-refractivity contribution < 1.29 is 22.6 Å². The second kappa shape index (κ2) is 6.52. The molecule has 0 bridgehead atoms. The summed E-state index contributed by atoms with van der Waals surface area (Å²) in [5.74, 6) is 0.598. The van der Waals surface area contributed by atoms with Gasteiger partial charge < -0.3 is 9.47 Å². The SMILES string of the molecule is COc1ccc(CCOc2ccccc2C(F)(F)F)cc1. The standard InChI is InChI=1S/C16H15F3O2/c1-20-13-8-6-12(7-9-13)10-11-21-15-5-3-2-4-14(15)16(17,18)19/h2-9H,10-11H2,1H3. The summed E-state index contributed by atoms with van der Waals surface area (Å²) in [6.45, 7) is 0.180. The minimum Gasteiger partial charge on any atom is -0.497 e. The van der Waals surface area contributed by atoms with Gasteiger partial charge in [0.1, 0.15) is 11.5 Å². The van der Waals surface area contributed by atoms with E-state index < -0.39 is 11.7 Å². The highest BCUT2D eigenvalue weighted by Crippen LogP contribution is 2.35. The van der Waals surface area contributed by atoms with Crippen LogP contribution in [0.3, 0.4) is 0 Å². The zero-order chi connectivity index (χ0) is 15.3. The van der Waals surface area contributed by atoms with Crippen molar-refractivity contribution in [2.45, 2.75) is 12.6 Å². The fourth-order valence-electron chi connectivity index (χ4n) is 1.90.